The minimum atomic E-state index is -1.32. The summed E-state index contributed by atoms with van der Waals surface area (Å²) in [5.74, 6) is -0.634. The fourth-order valence-corrected chi connectivity index (χ4v) is 0.843. The third-order valence-electron chi connectivity index (χ3n) is 1.60. The number of aliphatic hydroxyl groups excluding tert-OH is 1. The Morgan fingerprint density at radius 3 is 2.93 bits per heavy atom. The van der Waals surface area contributed by atoms with Crippen LogP contribution in [0.25, 0.3) is 0 Å². The summed E-state index contributed by atoms with van der Waals surface area (Å²) in [5, 5.41) is 20.3. The van der Waals surface area contributed by atoms with Crippen LogP contribution in [-0.2, 0) is 4.79 Å². The van der Waals surface area contributed by atoms with E-state index < -0.39 is 12.0 Å². The molecular formula is C8H9N5O2. The number of aromatic nitrogens is 2. The molecule has 1 atom stereocenters. The molecule has 0 aliphatic rings. The van der Waals surface area contributed by atoms with Gasteiger partial charge in [0.25, 0.3) is 0 Å². The van der Waals surface area contributed by atoms with Crippen LogP contribution in [0.2, 0.25) is 0 Å². The zero-order chi connectivity index (χ0) is 11.3. The summed E-state index contributed by atoms with van der Waals surface area (Å²) in [7, 11) is 0. The molecule has 4 N–H and O–H groups in total. The molecule has 1 aromatic heterocycles. The lowest BCUT2D eigenvalue weighted by Gasteiger charge is -2.08. The van der Waals surface area contributed by atoms with E-state index in [1.807, 2.05) is 6.07 Å². The lowest BCUT2D eigenvalue weighted by atomic mass is 10.3. The zero-order valence-corrected chi connectivity index (χ0v) is 7.71. The van der Waals surface area contributed by atoms with Crippen molar-refractivity contribution in [2.24, 2.45) is 5.73 Å². The number of rotatable bonds is 4. The molecule has 0 saturated heterocycles. The van der Waals surface area contributed by atoms with Gasteiger partial charge < -0.3 is 16.2 Å². The maximum Gasteiger partial charge on any atom is 0.248 e. The molecule has 15 heavy (non-hydrogen) atoms. The van der Waals surface area contributed by atoms with Gasteiger partial charge in [-0.2, -0.15) is 5.26 Å². The Kier molecular flexibility index (Phi) is 3.54. The van der Waals surface area contributed by atoms with Gasteiger partial charge in [0.05, 0.1) is 6.54 Å². The molecule has 0 radical (unpaired) electrons. The number of nitriles is 1. The largest absolute Gasteiger partial charge is 0.381 e. The highest BCUT2D eigenvalue weighted by molar-refractivity contribution is 5.79. The molecule has 0 fully saturated rings. The van der Waals surface area contributed by atoms with E-state index in [4.69, 9.17) is 16.1 Å². The summed E-state index contributed by atoms with van der Waals surface area (Å²) in [6.07, 6.45) is 1.44. The van der Waals surface area contributed by atoms with Crippen molar-refractivity contribution in [2.75, 3.05) is 11.9 Å². The Hall–Kier alpha value is -2.20. The van der Waals surface area contributed by atoms with E-state index in [9.17, 15) is 4.79 Å². The fourth-order valence-electron chi connectivity index (χ4n) is 0.843. The Morgan fingerprint density at radius 2 is 2.33 bits per heavy atom. The minimum absolute atomic E-state index is 0.0918. The maximum atomic E-state index is 10.5. The minimum Gasteiger partial charge on any atom is -0.381 e. The molecule has 1 unspecified atom stereocenters. The summed E-state index contributed by atoms with van der Waals surface area (Å²) in [6, 6.07) is 1.81. The standard InChI is InChI=1S/C8H9N5O2/c9-3-5-8(12-2-1-11-5)13-4-6(14)7(10)15/h1-2,6,14H,4H2,(H2,10,15)(H,12,13). The van der Waals surface area contributed by atoms with Crippen LogP contribution in [-0.4, -0.2) is 33.6 Å². The van der Waals surface area contributed by atoms with Crippen LogP contribution in [0.4, 0.5) is 5.82 Å². The number of hydrogen-bond donors (Lipinski definition) is 3. The first-order chi connectivity index (χ1) is 7.15. The third kappa shape index (κ3) is 2.89. The van der Waals surface area contributed by atoms with Crippen molar-refractivity contribution < 1.29 is 9.90 Å². The molecule has 1 aromatic rings. The van der Waals surface area contributed by atoms with E-state index in [-0.39, 0.29) is 18.1 Å². The van der Waals surface area contributed by atoms with E-state index in [1.165, 1.54) is 12.4 Å². The Labute approximate surface area is 85.6 Å². The molecule has 0 bridgehead atoms. The van der Waals surface area contributed by atoms with Crippen LogP contribution in [0, 0.1) is 11.3 Å². The first-order valence-electron chi connectivity index (χ1n) is 4.07. The Balaban J connectivity index is 2.66. The van der Waals surface area contributed by atoms with Crippen molar-refractivity contribution in [2.45, 2.75) is 6.10 Å². The number of aliphatic hydroxyl groups is 1. The number of amides is 1. The Morgan fingerprint density at radius 1 is 1.67 bits per heavy atom. The van der Waals surface area contributed by atoms with Gasteiger partial charge in [0, 0.05) is 12.4 Å². The topological polar surface area (TPSA) is 125 Å². The van der Waals surface area contributed by atoms with E-state index in [2.05, 4.69) is 15.3 Å². The molecular weight excluding hydrogens is 198 g/mol. The number of carbonyl (C=O) groups is 1. The quantitative estimate of drug-likeness (QED) is 0.558. The van der Waals surface area contributed by atoms with Crippen LogP contribution in [0.15, 0.2) is 12.4 Å². The van der Waals surface area contributed by atoms with Gasteiger partial charge in [-0.05, 0) is 0 Å². The summed E-state index contributed by atoms with van der Waals surface area (Å²) in [4.78, 5) is 18.1. The zero-order valence-electron chi connectivity index (χ0n) is 7.71. The molecule has 0 spiro atoms. The fraction of sp³-hybridized carbons (Fsp3) is 0.250. The number of nitrogens with two attached hydrogens (primary N) is 1. The molecule has 78 valence electrons. The van der Waals surface area contributed by atoms with Crippen LogP contribution in [0.3, 0.4) is 0 Å². The smallest absolute Gasteiger partial charge is 0.248 e. The Bertz CT molecular complexity index is 400. The van der Waals surface area contributed by atoms with E-state index >= 15 is 0 Å². The van der Waals surface area contributed by atoms with Crippen molar-refractivity contribution in [3.63, 3.8) is 0 Å². The van der Waals surface area contributed by atoms with Gasteiger partial charge in [-0.3, -0.25) is 4.79 Å². The highest BCUT2D eigenvalue weighted by Gasteiger charge is 2.11. The summed E-state index contributed by atoms with van der Waals surface area (Å²) in [5.41, 5.74) is 4.93. The second-order valence-electron chi connectivity index (χ2n) is 2.66. The maximum absolute atomic E-state index is 10.5. The van der Waals surface area contributed by atoms with Gasteiger partial charge in [-0.25, -0.2) is 9.97 Å². The van der Waals surface area contributed by atoms with E-state index in [0.717, 1.165) is 0 Å². The number of hydrogen-bond acceptors (Lipinski definition) is 6. The van der Waals surface area contributed by atoms with Crippen LogP contribution in [0.1, 0.15) is 5.69 Å². The van der Waals surface area contributed by atoms with Gasteiger partial charge in [0.15, 0.2) is 11.5 Å². The molecule has 0 aliphatic carbocycles. The normalized spacial score (nSPS) is 11.5. The molecule has 7 heteroatoms. The second kappa shape index (κ2) is 4.88. The highest BCUT2D eigenvalue weighted by atomic mass is 16.3. The molecule has 0 aliphatic heterocycles. The van der Waals surface area contributed by atoms with Crippen molar-refractivity contribution in [1.82, 2.24) is 9.97 Å². The number of anilines is 1. The second-order valence-corrected chi connectivity index (χ2v) is 2.66. The van der Waals surface area contributed by atoms with Gasteiger partial charge in [0.1, 0.15) is 12.2 Å². The lowest BCUT2D eigenvalue weighted by molar-refractivity contribution is -0.125. The van der Waals surface area contributed by atoms with Gasteiger partial charge in [0.2, 0.25) is 5.91 Å². The van der Waals surface area contributed by atoms with Crippen LogP contribution < -0.4 is 11.1 Å². The molecule has 1 heterocycles. The van der Waals surface area contributed by atoms with Gasteiger partial charge in [-0.1, -0.05) is 0 Å². The van der Waals surface area contributed by atoms with Crippen molar-refractivity contribution in [3.05, 3.63) is 18.1 Å². The average molecular weight is 207 g/mol. The number of primary amides is 1. The van der Waals surface area contributed by atoms with Crippen LogP contribution >= 0.6 is 0 Å². The van der Waals surface area contributed by atoms with Gasteiger partial charge >= 0.3 is 0 Å². The number of nitrogens with one attached hydrogen (secondary N) is 1. The first kappa shape index (κ1) is 10.9. The molecule has 1 rings (SSSR count). The predicted octanol–water partition coefficient (Wildman–Crippen LogP) is -1.39. The van der Waals surface area contributed by atoms with Crippen molar-refractivity contribution in [1.29, 1.82) is 5.26 Å². The van der Waals surface area contributed by atoms with Crippen molar-refractivity contribution >= 4 is 11.7 Å². The molecule has 1 amide bonds. The third-order valence-corrected chi connectivity index (χ3v) is 1.60. The summed E-state index contributed by atoms with van der Waals surface area (Å²) in [6.45, 7) is -0.108. The van der Waals surface area contributed by atoms with Crippen molar-refractivity contribution in [3.8, 4) is 6.07 Å². The number of carbonyl (C=O) groups excluding carboxylic acids is 1. The van der Waals surface area contributed by atoms with E-state index in [1.54, 1.807) is 0 Å². The van der Waals surface area contributed by atoms with E-state index in [0.29, 0.717) is 0 Å². The highest BCUT2D eigenvalue weighted by Crippen LogP contribution is 2.05. The lowest BCUT2D eigenvalue weighted by Crippen LogP contribution is -2.34. The first-order valence-corrected chi connectivity index (χ1v) is 4.07. The molecule has 0 saturated carbocycles. The van der Waals surface area contributed by atoms with Gasteiger partial charge in [-0.15, -0.1) is 0 Å². The van der Waals surface area contributed by atoms with Crippen LogP contribution in [0.5, 0.6) is 0 Å². The molecule has 0 aromatic carbocycles. The SMILES string of the molecule is N#Cc1nccnc1NCC(O)C(N)=O. The molecule has 7 nitrogen and oxygen atoms in total. The number of nitrogens with zero attached hydrogens (tertiary/aromatic N) is 3. The average Bonchev–Trinajstić information content (AvgIpc) is 2.26. The predicted molar refractivity (Wildman–Crippen MR) is 50.4 cm³/mol. The monoisotopic (exact) mass is 207 g/mol. The summed E-state index contributed by atoms with van der Waals surface area (Å²) < 4.78 is 0. The summed E-state index contributed by atoms with van der Waals surface area (Å²) >= 11 is 0.